The molecule has 1 aliphatic heterocycles. The first kappa shape index (κ1) is 16.8. The highest BCUT2D eigenvalue weighted by Gasteiger charge is 2.19. The molecule has 5 heteroatoms. The SMILES string of the molecule is CC(C)C(C#Cc1ccccc1)OCN1C=CN(C)/C1=C\N=O. The van der Waals surface area contributed by atoms with Crippen molar-refractivity contribution in [3.05, 3.63) is 65.2 Å². The van der Waals surface area contributed by atoms with Gasteiger partial charge in [-0.2, -0.15) is 0 Å². The van der Waals surface area contributed by atoms with E-state index in [2.05, 4.69) is 30.9 Å². The summed E-state index contributed by atoms with van der Waals surface area (Å²) in [4.78, 5) is 14.1. The summed E-state index contributed by atoms with van der Waals surface area (Å²) in [5.74, 6) is 7.25. The third kappa shape index (κ3) is 4.70. The van der Waals surface area contributed by atoms with Crippen LogP contribution in [0.2, 0.25) is 0 Å². The van der Waals surface area contributed by atoms with Gasteiger partial charge in [0.05, 0.1) is 0 Å². The summed E-state index contributed by atoms with van der Waals surface area (Å²) < 4.78 is 5.92. The number of ether oxygens (including phenoxy) is 1. The van der Waals surface area contributed by atoms with E-state index in [0.29, 0.717) is 12.6 Å². The van der Waals surface area contributed by atoms with Crippen LogP contribution in [0.4, 0.5) is 0 Å². The third-order valence-corrected chi connectivity index (χ3v) is 3.43. The van der Waals surface area contributed by atoms with Gasteiger partial charge in [-0.15, -0.1) is 4.91 Å². The molecular formula is C18H21N3O2. The van der Waals surface area contributed by atoms with E-state index < -0.39 is 0 Å². The normalized spacial score (nSPS) is 16.6. The predicted octanol–water partition coefficient (Wildman–Crippen LogP) is 3.32. The largest absolute Gasteiger partial charge is 0.345 e. The van der Waals surface area contributed by atoms with E-state index in [1.165, 1.54) is 6.20 Å². The number of rotatable bonds is 5. The minimum atomic E-state index is -0.194. The lowest BCUT2D eigenvalue weighted by atomic mass is 10.1. The fraction of sp³-hybridized carbons (Fsp3) is 0.333. The molecule has 2 rings (SSSR count). The summed E-state index contributed by atoms with van der Waals surface area (Å²) in [7, 11) is 1.85. The van der Waals surface area contributed by atoms with Gasteiger partial charge >= 0.3 is 0 Å². The minimum Gasteiger partial charge on any atom is -0.345 e. The van der Waals surface area contributed by atoms with Crippen LogP contribution in [-0.2, 0) is 4.74 Å². The zero-order chi connectivity index (χ0) is 16.7. The molecule has 0 aromatic heterocycles. The number of nitrogens with zero attached hydrogens (tertiary/aromatic N) is 3. The Balaban J connectivity index is 2.01. The van der Waals surface area contributed by atoms with Crippen molar-refractivity contribution in [3.8, 4) is 11.8 Å². The van der Waals surface area contributed by atoms with Crippen molar-refractivity contribution in [2.45, 2.75) is 20.0 Å². The number of nitroso groups, excluding NO2 is 1. The van der Waals surface area contributed by atoms with Crippen LogP contribution in [0.5, 0.6) is 0 Å². The molecule has 1 aliphatic rings. The maximum Gasteiger partial charge on any atom is 0.136 e. The van der Waals surface area contributed by atoms with Gasteiger partial charge in [0.2, 0.25) is 0 Å². The number of hydrogen-bond acceptors (Lipinski definition) is 5. The Morgan fingerprint density at radius 1 is 1.26 bits per heavy atom. The molecule has 0 spiro atoms. The molecule has 5 nitrogen and oxygen atoms in total. The molecule has 1 unspecified atom stereocenters. The van der Waals surface area contributed by atoms with Crippen LogP contribution in [0.3, 0.4) is 0 Å². The monoisotopic (exact) mass is 311 g/mol. The van der Waals surface area contributed by atoms with Crippen LogP contribution in [0.1, 0.15) is 19.4 Å². The minimum absolute atomic E-state index is 0.194. The summed E-state index contributed by atoms with van der Waals surface area (Å²) >= 11 is 0. The summed E-state index contributed by atoms with van der Waals surface area (Å²) in [5.41, 5.74) is 0.966. The highest BCUT2D eigenvalue weighted by Crippen LogP contribution is 2.18. The Bertz CT molecular complexity index is 641. The van der Waals surface area contributed by atoms with Crippen LogP contribution >= 0.6 is 0 Å². The van der Waals surface area contributed by atoms with E-state index in [9.17, 15) is 4.91 Å². The van der Waals surface area contributed by atoms with Gasteiger partial charge in [-0.3, -0.25) is 0 Å². The molecule has 0 radical (unpaired) electrons. The van der Waals surface area contributed by atoms with E-state index in [-0.39, 0.29) is 12.0 Å². The van der Waals surface area contributed by atoms with Gasteiger partial charge in [-0.25, -0.2) is 0 Å². The van der Waals surface area contributed by atoms with Crippen molar-refractivity contribution in [2.24, 2.45) is 11.1 Å². The van der Waals surface area contributed by atoms with Crippen LogP contribution in [0, 0.1) is 22.7 Å². The van der Waals surface area contributed by atoms with Gasteiger partial charge in [0.1, 0.15) is 24.9 Å². The maximum absolute atomic E-state index is 10.5. The lowest BCUT2D eigenvalue weighted by Gasteiger charge is -2.24. The molecular weight excluding hydrogens is 290 g/mol. The van der Waals surface area contributed by atoms with Gasteiger partial charge in [0, 0.05) is 25.0 Å². The average molecular weight is 311 g/mol. The van der Waals surface area contributed by atoms with Crippen LogP contribution in [0.15, 0.2) is 59.9 Å². The van der Waals surface area contributed by atoms with Crippen molar-refractivity contribution < 1.29 is 4.74 Å². The Labute approximate surface area is 137 Å². The lowest BCUT2D eigenvalue weighted by molar-refractivity contribution is 0.0114. The zero-order valence-electron chi connectivity index (χ0n) is 13.6. The summed E-state index contributed by atoms with van der Waals surface area (Å²) in [5, 5.41) is 2.84. The molecule has 1 atom stereocenters. The molecule has 120 valence electrons. The quantitative estimate of drug-likeness (QED) is 0.618. The van der Waals surface area contributed by atoms with Gasteiger partial charge in [-0.05, 0) is 23.2 Å². The lowest BCUT2D eigenvalue weighted by Crippen LogP contribution is -2.28. The standard InChI is InChI=1S/C18H21N3O2/c1-15(2)17(10-9-16-7-5-4-6-8-16)23-14-21-12-11-20(3)18(21)13-19-22/h4-8,11-13,15,17H,14H2,1-3H3/b18-13+. The molecule has 0 saturated heterocycles. The highest BCUT2D eigenvalue weighted by molar-refractivity contribution is 5.34. The third-order valence-electron chi connectivity index (χ3n) is 3.43. The summed E-state index contributed by atoms with van der Waals surface area (Å²) in [6.07, 6.45) is 4.77. The van der Waals surface area contributed by atoms with Crippen molar-refractivity contribution in [1.82, 2.24) is 9.80 Å². The molecule has 0 aliphatic carbocycles. The molecule has 0 saturated carbocycles. The first-order valence-corrected chi connectivity index (χ1v) is 7.50. The van der Waals surface area contributed by atoms with E-state index in [1.807, 2.05) is 59.6 Å². The predicted molar refractivity (Wildman–Crippen MR) is 90.5 cm³/mol. The first-order valence-electron chi connectivity index (χ1n) is 7.50. The molecule has 0 amide bonds. The molecule has 1 aromatic carbocycles. The van der Waals surface area contributed by atoms with E-state index >= 15 is 0 Å². The van der Waals surface area contributed by atoms with Gasteiger partial charge in [0.25, 0.3) is 0 Å². The maximum atomic E-state index is 10.5. The Kier molecular flexibility index (Phi) is 5.95. The Morgan fingerprint density at radius 2 is 2.00 bits per heavy atom. The van der Waals surface area contributed by atoms with E-state index in [4.69, 9.17) is 4.74 Å². The van der Waals surface area contributed by atoms with Crippen LogP contribution in [0.25, 0.3) is 0 Å². The number of benzene rings is 1. The Morgan fingerprint density at radius 3 is 2.65 bits per heavy atom. The second-order valence-corrected chi connectivity index (χ2v) is 5.57. The molecule has 1 aromatic rings. The van der Waals surface area contributed by atoms with Crippen molar-refractivity contribution in [3.63, 3.8) is 0 Å². The highest BCUT2D eigenvalue weighted by atomic mass is 16.5. The van der Waals surface area contributed by atoms with Crippen molar-refractivity contribution in [2.75, 3.05) is 13.8 Å². The number of hydrogen-bond donors (Lipinski definition) is 0. The second kappa shape index (κ2) is 8.16. The summed E-state index contributed by atoms with van der Waals surface area (Å²) in [6.45, 7) is 4.45. The van der Waals surface area contributed by atoms with E-state index in [1.54, 1.807) is 0 Å². The molecule has 0 fully saturated rings. The fourth-order valence-electron chi connectivity index (χ4n) is 2.09. The van der Waals surface area contributed by atoms with Crippen LogP contribution in [-0.4, -0.2) is 29.7 Å². The Hall–Kier alpha value is -2.58. The molecule has 23 heavy (non-hydrogen) atoms. The molecule has 1 heterocycles. The first-order chi connectivity index (χ1) is 11.1. The van der Waals surface area contributed by atoms with Crippen LogP contribution < -0.4 is 0 Å². The molecule has 0 N–H and O–H groups in total. The van der Waals surface area contributed by atoms with E-state index in [0.717, 1.165) is 5.56 Å². The fourth-order valence-corrected chi connectivity index (χ4v) is 2.09. The smallest absolute Gasteiger partial charge is 0.136 e. The average Bonchev–Trinajstić information content (AvgIpc) is 2.89. The topological polar surface area (TPSA) is 45.1 Å². The zero-order valence-corrected chi connectivity index (χ0v) is 13.6. The van der Waals surface area contributed by atoms with Crippen molar-refractivity contribution in [1.29, 1.82) is 0 Å². The van der Waals surface area contributed by atoms with Gasteiger partial charge in [0.15, 0.2) is 0 Å². The van der Waals surface area contributed by atoms with Gasteiger partial charge in [-0.1, -0.05) is 43.9 Å². The molecule has 0 bridgehead atoms. The van der Waals surface area contributed by atoms with Gasteiger partial charge < -0.3 is 14.5 Å². The second-order valence-electron chi connectivity index (χ2n) is 5.57. The summed E-state index contributed by atoms with van der Waals surface area (Å²) in [6, 6.07) is 9.83. The van der Waals surface area contributed by atoms with Crippen molar-refractivity contribution >= 4 is 0 Å².